The Hall–Kier alpha value is -3.27. The first-order chi connectivity index (χ1) is 13.6. The lowest BCUT2D eigenvalue weighted by atomic mass is 9.94. The van der Waals surface area contributed by atoms with Gasteiger partial charge in [-0.2, -0.15) is 0 Å². The van der Waals surface area contributed by atoms with Gasteiger partial charge in [0, 0.05) is 19.2 Å². The summed E-state index contributed by atoms with van der Waals surface area (Å²) in [5, 5.41) is 3.52. The summed E-state index contributed by atoms with van der Waals surface area (Å²) in [4.78, 5) is 14.6. The number of anilines is 1. The van der Waals surface area contributed by atoms with Crippen molar-refractivity contribution in [2.24, 2.45) is 0 Å². The first kappa shape index (κ1) is 18.1. The van der Waals surface area contributed by atoms with Gasteiger partial charge in [-0.3, -0.25) is 4.79 Å². The third-order valence-electron chi connectivity index (χ3n) is 5.43. The summed E-state index contributed by atoms with van der Waals surface area (Å²) < 4.78 is 5.89. The van der Waals surface area contributed by atoms with Crippen molar-refractivity contribution in [1.82, 2.24) is 4.90 Å². The summed E-state index contributed by atoms with van der Waals surface area (Å²) >= 11 is 0. The van der Waals surface area contributed by atoms with Crippen molar-refractivity contribution in [3.05, 3.63) is 95.6 Å². The van der Waals surface area contributed by atoms with Crippen LogP contribution in [0.15, 0.2) is 78.9 Å². The fraction of sp³-hybridized carbons (Fsp3) is 0.208. The molecular formula is C24H24N2O2. The number of fused-ring (bicyclic) bond motifs is 1. The maximum Gasteiger partial charge on any atom is 0.257 e. The van der Waals surface area contributed by atoms with Gasteiger partial charge in [-0.15, -0.1) is 0 Å². The molecule has 0 aromatic heterocycles. The smallest absolute Gasteiger partial charge is 0.257 e. The Morgan fingerprint density at radius 2 is 1.61 bits per heavy atom. The molecule has 142 valence electrons. The van der Waals surface area contributed by atoms with Crippen molar-refractivity contribution in [2.45, 2.75) is 19.0 Å². The zero-order chi connectivity index (χ0) is 19.6. The largest absolute Gasteiger partial charge is 0.493 e. The average molecular weight is 372 g/mol. The third-order valence-corrected chi connectivity index (χ3v) is 5.43. The SMILES string of the molecule is CN1C(=O)c2ccccc2NC1(C)c1ccc(OCCc2ccccc2)cc1. The Bertz CT molecular complexity index is 969. The lowest BCUT2D eigenvalue weighted by Gasteiger charge is -2.44. The summed E-state index contributed by atoms with van der Waals surface area (Å²) in [6.07, 6.45) is 0.871. The van der Waals surface area contributed by atoms with E-state index in [4.69, 9.17) is 4.74 Å². The van der Waals surface area contributed by atoms with Crippen LogP contribution in [0.25, 0.3) is 0 Å². The lowest BCUT2D eigenvalue weighted by molar-refractivity contribution is 0.0615. The molecule has 0 radical (unpaired) electrons. The molecule has 1 unspecified atom stereocenters. The summed E-state index contributed by atoms with van der Waals surface area (Å²) in [7, 11) is 1.83. The van der Waals surface area contributed by atoms with Crippen LogP contribution >= 0.6 is 0 Å². The highest BCUT2D eigenvalue weighted by atomic mass is 16.5. The number of hydrogen-bond donors (Lipinski definition) is 1. The fourth-order valence-electron chi connectivity index (χ4n) is 3.58. The Morgan fingerprint density at radius 3 is 2.36 bits per heavy atom. The van der Waals surface area contributed by atoms with E-state index < -0.39 is 5.66 Å². The molecule has 4 nitrogen and oxygen atoms in total. The van der Waals surface area contributed by atoms with Gasteiger partial charge >= 0.3 is 0 Å². The second kappa shape index (κ2) is 7.39. The Balaban J connectivity index is 1.48. The van der Waals surface area contributed by atoms with E-state index >= 15 is 0 Å². The highest BCUT2D eigenvalue weighted by molar-refractivity contribution is 6.02. The number of ether oxygens (including phenoxy) is 1. The molecule has 1 aliphatic heterocycles. The van der Waals surface area contributed by atoms with Crippen molar-refractivity contribution < 1.29 is 9.53 Å². The van der Waals surface area contributed by atoms with Crippen molar-refractivity contribution in [1.29, 1.82) is 0 Å². The number of amides is 1. The molecule has 1 heterocycles. The van der Waals surface area contributed by atoms with Gasteiger partial charge < -0.3 is 15.0 Å². The minimum Gasteiger partial charge on any atom is -0.493 e. The van der Waals surface area contributed by atoms with Crippen molar-refractivity contribution >= 4 is 11.6 Å². The third kappa shape index (κ3) is 3.33. The molecule has 1 aliphatic rings. The number of hydrogen-bond acceptors (Lipinski definition) is 3. The second-order valence-corrected chi connectivity index (χ2v) is 7.22. The molecule has 28 heavy (non-hydrogen) atoms. The zero-order valence-corrected chi connectivity index (χ0v) is 16.2. The molecule has 0 fully saturated rings. The number of carbonyl (C=O) groups excluding carboxylic acids is 1. The van der Waals surface area contributed by atoms with E-state index in [2.05, 4.69) is 17.4 Å². The molecule has 0 saturated carbocycles. The molecule has 3 aromatic carbocycles. The number of carbonyl (C=O) groups is 1. The van der Waals surface area contributed by atoms with Crippen LogP contribution in [-0.4, -0.2) is 24.5 Å². The molecule has 3 aromatic rings. The van der Waals surface area contributed by atoms with Gasteiger partial charge in [0.15, 0.2) is 0 Å². The fourth-order valence-corrected chi connectivity index (χ4v) is 3.58. The molecule has 0 spiro atoms. The summed E-state index contributed by atoms with van der Waals surface area (Å²) in [6.45, 7) is 2.65. The highest BCUT2D eigenvalue weighted by Crippen LogP contribution is 2.37. The van der Waals surface area contributed by atoms with Gasteiger partial charge in [-0.05, 0) is 42.3 Å². The van der Waals surface area contributed by atoms with Gasteiger partial charge in [-0.25, -0.2) is 0 Å². The number of para-hydroxylation sites is 1. The van der Waals surface area contributed by atoms with Crippen LogP contribution in [0.1, 0.15) is 28.4 Å². The van der Waals surface area contributed by atoms with E-state index in [0.717, 1.165) is 23.4 Å². The Morgan fingerprint density at radius 1 is 0.929 bits per heavy atom. The topological polar surface area (TPSA) is 41.6 Å². The Labute approximate surface area is 165 Å². The van der Waals surface area contributed by atoms with Crippen LogP contribution in [0.5, 0.6) is 5.75 Å². The summed E-state index contributed by atoms with van der Waals surface area (Å²) in [6, 6.07) is 25.9. The van der Waals surface area contributed by atoms with E-state index in [1.54, 1.807) is 4.90 Å². The lowest BCUT2D eigenvalue weighted by Crippen LogP contribution is -2.53. The summed E-state index contributed by atoms with van der Waals surface area (Å²) in [5.74, 6) is 0.841. The van der Waals surface area contributed by atoms with Crippen molar-refractivity contribution in [3.8, 4) is 5.75 Å². The minimum absolute atomic E-state index is 0.0139. The van der Waals surface area contributed by atoms with E-state index in [9.17, 15) is 4.79 Å². The number of rotatable bonds is 5. The van der Waals surface area contributed by atoms with Gasteiger partial charge in [-0.1, -0.05) is 54.6 Å². The molecular weight excluding hydrogens is 348 g/mol. The van der Waals surface area contributed by atoms with E-state index in [1.165, 1.54) is 5.56 Å². The molecule has 1 amide bonds. The quantitative estimate of drug-likeness (QED) is 0.707. The molecule has 1 atom stereocenters. The van der Waals surface area contributed by atoms with E-state index in [1.807, 2.05) is 80.7 Å². The number of nitrogens with zero attached hydrogens (tertiary/aromatic N) is 1. The first-order valence-corrected chi connectivity index (χ1v) is 9.50. The first-order valence-electron chi connectivity index (χ1n) is 9.50. The van der Waals surface area contributed by atoms with Crippen molar-refractivity contribution in [2.75, 3.05) is 19.0 Å². The minimum atomic E-state index is -0.617. The van der Waals surface area contributed by atoms with Gasteiger partial charge in [0.2, 0.25) is 0 Å². The van der Waals surface area contributed by atoms with Crippen LogP contribution < -0.4 is 10.1 Å². The molecule has 0 saturated heterocycles. The van der Waals surface area contributed by atoms with Crippen LogP contribution in [0.3, 0.4) is 0 Å². The van der Waals surface area contributed by atoms with E-state index in [0.29, 0.717) is 12.2 Å². The van der Waals surface area contributed by atoms with Gasteiger partial charge in [0.05, 0.1) is 12.2 Å². The molecule has 1 N–H and O–H groups in total. The van der Waals surface area contributed by atoms with Gasteiger partial charge in [0.25, 0.3) is 5.91 Å². The van der Waals surface area contributed by atoms with Crippen LogP contribution in [-0.2, 0) is 12.1 Å². The number of benzene rings is 3. The molecule has 0 aliphatic carbocycles. The molecule has 4 rings (SSSR count). The monoisotopic (exact) mass is 372 g/mol. The van der Waals surface area contributed by atoms with Crippen LogP contribution in [0.2, 0.25) is 0 Å². The standard InChI is InChI=1S/C24H24N2O2/c1-24(25-22-11-7-6-10-21(22)23(27)26(24)2)19-12-14-20(15-13-19)28-17-16-18-8-4-3-5-9-18/h3-15,25H,16-17H2,1-2H3. The number of nitrogens with one attached hydrogen (secondary N) is 1. The Kier molecular flexibility index (Phi) is 4.78. The van der Waals surface area contributed by atoms with E-state index in [-0.39, 0.29) is 5.91 Å². The van der Waals surface area contributed by atoms with Crippen molar-refractivity contribution in [3.63, 3.8) is 0 Å². The average Bonchev–Trinajstić information content (AvgIpc) is 2.73. The predicted octanol–water partition coefficient (Wildman–Crippen LogP) is 4.68. The van der Waals surface area contributed by atoms with Crippen LogP contribution in [0.4, 0.5) is 5.69 Å². The second-order valence-electron chi connectivity index (χ2n) is 7.22. The zero-order valence-electron chi connectivity index (χ0n) is 16.2. The predicted molar refractivity (Wildman–Crippen MR) is 112 cm³/mol. The maximum absolute atomic E-state index is 12.8. The highest BCUT2D eigenvalue weighted by Gasteiger charge is 2.40. The maximum atomic E-state index is 12.8. The molecule has 4 heteroatoms. The normalized spacial score (nSPS) is 18.4. The van der Waals surface area contributed by atoms with Gasteiger partial charge in [0.1, 0.15) is 11.4 Å². The molecule has 0 bridgehead atoms. The summed E-state index contributed by atoms with van der Waals surface area (Å²) in [5.41, 5.74) is 3.21. The van der Waals surface area contributed by atoms with Crippen LogP contribution in [0, 0.1) is 0 Å².